The first-order valence-electron chi connectivity index (χ1n) is 5.19. The van der Waals surface area contributed by atoms with E-state index in [4.69, 9.17) is 0 Å². The number of nitrogens with one attached hydrogen (secondary N) is 1. The molecule has 0 spiro atoms. The fraction of sp³-hybridized carbons (Fsp3) is 0.250. The van der Waals surface area contributed by atoms with E-state index >= 15 is 0 Å². The van der Waals surface area contributed by atoms with Crippen molar-refractivity contribution in [3.8, 4) is 0 Å². The van der Waals surface area contributed by atoms with Gasteiger partial charge in [-0.05, 0) is 37.1 Å². The van der Waals surface area contributed by atoms with Gasteiger partial charge in [-0.15, -0.1) is 0 Å². The van der Waals surface area contributed by atoms with Crippen molar-refractivity contribution < 1.29 is 9.59 Å². The summed E-state index contributed by atoms with van der Waals surface area (Å²) in [6.07, 6.45) is 0. The van der Waals surface area contributed by atoms with E-state index in [0.717, 1.165) is 11.1 Å². The minimum absolute atomic E-state index is 0.110. The summed E-state index contributed by atoms with van der Waals surface area (Å²) in [5.41, 5.74) is 2.74. The summed E-state index contributed by atoms with van der Waals surface area (Å²) in [7, 11) is 0. The monoisotopic (exact) mass is 248 g/mol. The smallest absolute Gasteiger partial charge is 0.279 e. The Morgan fingerprint density at radius 3 is 2.71 bits per heavy atom. The zero-order valence-corrected chi connectivity index (χ0v) is 10.4. The van der Waals surface area contributed by atoms with Crippen LogP contribution < -0.4 is 5.32 Å². The van der Waals surface area contributed by atoms with Crippen LogP contribution in [0.5, 0.6) is 0 Å². The van der Waals surface area contributed by atoms with Gasteiger partial charge >= 0.3 is 0 Å². The predicted octanol–water partition coefficient (Wildman–Crippen LogP) is 1.66. The van der Waals surface area contributed by atoms with Gasteiger partial charge in [0.05, 0.1) is 5.75 Å². The summed E-state index contributed by atoms with van der Waals surface area (Å²) in [4.78, 5) is 26.6. The van der Waals surface area contributed by atoms with Crippen molar-refractivity contribution >= 4 is 28.7 Å². The van der Waals surface area contributed by atoms with Crippen molar-refractivity contribution in [3.05, 3.63) is 34.9 Å². The van der Waals surface area contributed by atoms with E-state index in [1.807, 2.05) is 26.0 Å². The normalized spacial score (nSPS) is 17.3. The number of thioether (sulfide) groups is 1. The highest BCUT2D eigenvalue weighted by Gasteiger charge is 2.18. The van der Waals surface area contributed by atoms with Crippen molar-refractivity contribution in [2.75, 3.05) is 5.75 Å². The van der Waals surface area contributed by atoms with E-state index in [1.165, 1.54) is 11.8 Å². The van der Waals surface area contributed by atoms with E-state index in [-0.39, 0.29) is 11.8 Å². The molecule has 1 aliphatic rings. The van der Waals surface area contributed by atoms with E-state index in [9.17, 15) is 9.59 Å². The zero-order valence-electron chi connectivity index (χ0n) is 9.61. The molecule has 1 aliphatic heterocycles. The number of amidine groups is 1. The van der Waals surface area contributed by atoms with Gasteiger partial charge in [0.1, 0.15) is 0 Å². The Hall–Kier alpha value is -1.62. The molecule has 0 unspecified atom stereocenters. The van der Waals surface area contributed by atoms with E-state index in [1.54, 1.807) is 6.07 Å². The molecule has 1 fully saturated rings. The molecule has 2 amide bonds. The van der Waals surface area contributed by atoms with Gasteiger partial charge in [0.15, 0.2) is 5.17 Å². The van der Waals surface area contributed by atoms with Crippen molar-refractivity contribution in [2.45, 2.75) is 13.8 Å². The van der Waals surface area contributed by atoms with Gasteiger partial charge in [0.25, 0.3) is 5.91 Å². The van der Waals surface area contributed by atoms with E-state index in [0.29, 0.717) is 16.5 Å². The van der Waals surface area contributed by atoms with Crippen LogP contribution >= 0.6 is 11.8 Å². The summed E-state index contributed by atoms with van der Waals surface area (Å²) in [5.74, 6) is -0.0987. The molecule has 88 valence electrons. The van der Waals surface area contributed by atoms with Crippen molar-refractivity contribution in [1.29, 1.82) is 0 Å². The number of aryl methyl sites for hydroxylation is 2. The molecule has 0 aromatic heterocycles. The summed E-state index contributed by atoms with van der Waals surface area (Å²) in [6.45, 7) is 3.94. The van der Waals surface area contributed by atoms with Gasteiger partial charge in [-0.2, -0.15) is 4.99 Å². The molecular weight excluding hydrogens is 236 g/mol. The molecule has 1 N–H and O–H groups in total. The summed E-state index contributed by atoms with van der Waals surface area (Å²) >= 11 is 1.25. The Morgan fingerprint density at radius 1 is 1.35 bits per heavy atom. The minimum Gasteiger partial charge on any atom is -0.304 e. The number of nitrogens with zero attached hydrogens (tertiary/aromatic N) is 1. The first kappa shape index (κ1) is 11.9. The van der Waals surface area contributed by atoms with Crippen LogP contribution in [0.25, 0.3) is 0 Å². The Labute approximate surface area is 104 Å². The molecule has 5 heteroatoms. The third-order valence-corrected chi connectivity index (χ3v) is 3.42. The predicted molar refractivity (Wildman–Crippen MR) is 68.3 cm³/mol. The molecule has 17 heavy (non-hydrogen) atoms. The highest BCUT2D eigenvalue weighted by atomic mass is 32.2. The molecule has 0 saturated carbocycles. The molecular formula is C12H12N2O2S. The Bertz CT molecular complexity index is 523. The lowest BCUT2D eigenvalue weighted by atomic mass is 10.1. The van der Waals surface area contributed by atoms with Gasteiger partial charge in [0.2, 0.25) is 5.91 Å². The molecule has 2 rings (SSSR count). The highest BCUT2D eigenvalue weighted by molar-refractivity contribution is 8.15. The fourth-order valence-electron chi connectivity index (χ4n) is 1.42. The lowest BCUT2D eigenvalue weighted by Gasteiger charge is -2.02. The van der Waals surface area contributed by atoms with Gasteiger partial charge in [-0.25, -0.2) is 0 Å². The number of carbonyl (C=O) groups is 2. The molecule has 1 heterocycles. The number of benzene rings is 1. The summed E-state index contributed by atoms with van der Waals surface area (Å²) < 4.78 is 0. The Balaban J connectivity index is 2.20. The van der Waals surface area contributed by atoms with E-state index in [2.05, 4.69) is 10.3 Å². The number of amides is 2. The molecule has 0 atom stereocenters. The van der Waals surface area contributed by atoms with Crippen molar-refractivity contribution in [1.82, 2.24) is 5.32 Å². The molecule has 0 aliphatic carbocycles. The van der Waals surface area contributed by atoms with E-state index < -0.39 is 0 Å². The lowest BCUT2D eigenvalue weighted by Crippen LogP contribution is -2.21. The fourth-order valence-corrected chi connectivity index (χ4v) is 2.09. The van der Waals surface area contributed by atoms with Gasteiger partial charge in [-0.3, -0.25) is 9.59 Å². The van der Waals surface area contributed by atoms with Gasteiger partial charge in [0, 0.05) is 5.56 Å². The number of carbonyl (C=O) groups excluding carboxylic acids is 2. The number of aliphatic imine (C=N–C) groups is 1. The lowest BCUT2D eigenvalue weighted by molar-refractivity contribution is -0.116. The first-order chi connectivity index (χ1) is 8.06. The van der Waals surface area contributed by atoms with Gasteiger partial charge < -0.3 is 5.32 Å². The second-order valence-corrected chi connectivity index (χ2v) is 4.82. The van der Waals surface area contributed by atoms with Gasteiger partial charge in [-0.1, -0.05) is 17.8 Å². The standard InChI is InChI=1S/C12H12N2O2S/c1-7-3-4-9(5-8(7)2)11(16)14-12-13-10(15)6-17-12/h3-5H,6H2,1-2H3,(H,13,14,15,16). The maximum Gasteiger partial charge on any atom is 0.279 e. The van der Waals surface area contributed by atoms with Crippen molar-refractivity contribution in [3.63, 3.8) is 0 Å². The minimum atomic E-state index is -0.321. The number of hydrogen-bond acceptors (Lipinski definition) is 3. The van der Waals surface area contributed by atoms with Crippen LogP contribution in [0.4, 0.5) is 0 Å². The topological polar surface area (TPSA) is 58.5 Å². The second-order valence-electron chi connectivity index (χ2n) is 3.86. The average molecular weight is 248 g/mol. The number of hydrogen-bond donors (Lipinski definition) is 1. The molecule has 0 radical (unpaired) electrons. The maximum absolute atomic E-state index is 11.8. The van der Waals surface area contributed by atoms with Crippen LogP contribution in [0.15, 0.2) is 23.2 Å². The summed E-state index contributed by atoms with van der Waals surface area (Å²) in [6, 6.07) is 5.45. The molecule has 1 saturated heterocycles. The molecule has 1 aromatic rings. The second kappa shape index (κ2) is 4.71. The molecule has 1 aromatic carbocycles. The molecule has 0 bridgehead atoms. The Kier molecular flexibility index (Phi) is 3.28. The van der Waals surface area contributed by atoms with Crippen molar-refractivity contribution in [2.24, 2.45) is 4.99 Å². The van der Waals surface area contributed by atoms with Crippen LogP contribution in [0, 0.1) is 13.8 Å². The third kappa shape index (κ3) is 2.74. The zero-order chi connectivity index (χ0) is 12.4. The van der Waals surface area contributed by atoms with Crippen LogP contribution in [0.2, 0.25) is 0 Å². The average Bonchev–Trinajstić information content (AvgIpc) is 2.68. The largest absolute Gasteiger partial charge is 0.304 e. The molecule has 4 nitrogen and oxygen atoms in total. The van der Waals surface area contributed by atoms with Crippen LogP contribution in [0.3, 0.4) is 0 Å². The van der Waals surface area contributed by atoms with Crippen LogP contribution in [-0.2, 0) is 4.79 Å². The quantitative estimate of drug-likeness (QED) is 0.822. The summed E-state index contributed by atoms with van der Waals surface area (Å²) in [5, 5.41) is 2.92. The highest BCUT2D eigenvalue weighted by Crippen LogP contribution is 2.13. The SMILES string of the molecule is Cc1ccc(C(=O)N=C2NC(=O)CS2)cc1C. The maximum atomic E-state index is 11.8. The first-order valence-corrected chi connectivity index (χ1v) is 6.18. The third-order valence-electron chi connectivity index (χ3n) is 2.54. The van der Waals surface area contributed by atoms with Crippen LogP contribution in [-0.4, -0.2) is 22.7 Å². The van der Waals surface area contributed by atoms with Crippen LogP contribution in [0.1, 0.15) is 21.5 Å². The Morgan fingerprint density at radius 2 is 2.12 bits per heavy atom. The number of rotatable bonds is 1.